The molecule has 0 fully saturated rings. The first-order valence-corrected chi connectivity index (χ1v) is 10.1. The molecule has 31 heavy (non-hydrogen) atoms. The van der Waals surface area contributed by atoms with E-state index in [4.69, 9.17) is 0 Å². The van der Waals surface area contributed by atoms with Crippen LogP contribution in [0.3, 0.4) is 0 Å². The highest BCUT2D eigenvalue weighted by Gasteiger charge is 2.31. The third-order valence-electron chi connectivity index (χ3n) is 4.68. The van der Waals surface area contributed by atoms with E-state index in [1.165, 1.54) is 23.6 Å². The molecule has 10 heteroatoms. The summed E-state index contributed by atoms with van der Waals surface area (Å²) in [7, 11) is 0. The predicted octanol–water partition coefficient (Wildman–Crippen LogP) is 5.35. The van der Waals surface area contributed by atoms with Crippen LogP contribution in [-0.2, 0) is 6.18 Å². The summed E-state index contributed by atoms with van der Waals surface area (Å²) in [5.41, 5.74) is 3.43. The summed E-state index contributed by atoms with van der Waals surface area (Å²) in [6, 6.07) is 8.61. The minimum absolute atomic E-state index is 0.325. The van der Waals surface area contributed by atoms with Crippen molar-refractivity contribution in [3.05, 3.63) is 82.3 Å². The smallest absolute Gasteiger partial charge is 0.340 e. The maximum Gasteiger partial charge on any atom is 0.416 e. The molecule has 0 radical (unpaired) electrons. The van der Waals surface area contributed by atoms with Gasteiger partial charge in [-0.2, -0.15) is 13.2 Å². The zero-order valence-electron chi connectivity index (χ0n) is 16.1. The van der Waals surface area contributed by atoms with E-state index in [9.17, 15) is 18.0 Å². The molecule has 0 spiro atoms. The normalized spacial score (nSPS) is 12.5. The highest BCUT2D eigenvalue weighted by molar-refractivity contribution is 7.07. The molecule has 3 aromatic heterocycles. The number of alkyl halides is 3. The third-order valence-corrected chi connectivity index (χ3v) is 5.27. The lowest BCUT2D eigenvalue weighted by atomic mass is 9.98. The van der Waals surface area contributed by atoms with Crippen molar-refractivity contribution in [1.29, 1.82) is 0 Å². The Labute approximate surface area is 179 Å². The number of thiazole rings is 1. The lowest BCUT2D eigenvalue weighted by Gasteiger charge is -2.12. The molecule has 3 heterocycles. The minimum atomic E-state index is -4.40. The fraction of sp³-hybridized carbons (Fsp3) is 0.143. The number of rotatable bonds is 5. The van der Waals surface area contributed by atoms with Crippen molar-refractivity contribution in [2.45, 2.75) is 19.0 Å². The average molecular weight is 443 g/mol. The van der Waals surface area contributed by atoms with Crippen LogP contribution >= 0.6 is 11.3 Å². The predicted molar refractivity (Wildman–Crippen MR) is 111 cm³/mol. The molecule has 1 amide bonds. The van der Waals surface area contributed by atoms with Gasteiger partial charge in [-0.05, 0) is 23.8 Å². The van der Waals surface area contributed by atoms with Gasteiger partial charge in [0.1, 0.15) is 11.5 Å². The number of aromatic amines is 1. The molecule has 0 aliphatic rings. The number of hydrogen-bond donors (Lipinski definition) is 2. The zero-order chi connectivity index (χ0) is 22.0. The molecular formula is C21H16F3N5OS. The van der Waals surface area contributed by atoms with Crippen molar-refractivity contribution in [1.82, 2.24) is 19.9 Å². The van der Waals surface area contributed by atoms with Crippen molar-refractivity contribution in [2.75, 3.05) is 5.32 Å². The molecule has 4 rings (SSSR count). The lowest BCUT2D eigenvalue weighted by molar-refractivity contribution is -0.137. The molecule has 0 saturated carbocycles. The Morgan fingerprint density at radius 1 is 1.13 bits per heavy atom. The van der Waals surface area contributed by atoms with Gasteiger partial charge in [-0.25, -0.2) is 9.97 Å². The van der Waals surface area contributed by atoms with Gasteiger partial charge in [-0.3, -0.25) is 9.78 Å². The topological polar surface area (TPSA) is 83.6 Å². The first kappa shape index (κ1) is 20.7. The van der Waals surface area contributed by atoms with Crippen LogP contribution < -0.4 is 5.32 Å². The summed E-state index contributed by atoms with van der Waals surface area (Å²) in [5.74, 6) is -0.167. The Hall–Kier alpha value is -3.53. The number of pyridine rings is 1. The largest absolute Gasteiger partial charge is 0.416 e. The molecule has 2 N–H and O–H groups in total. The molecule has 4 aromatic rings. The van der Waals surface area contributed by atoms with E-state index < -0.39 is 11.7 Å². The van der Waals surface area contributed by atoms with E-state index >= 15 is 0 Å². The summed E-state index contributed by atoms with van der Waals surface area (Å²) in [5, 5.41) is 4.36. The van der Waals surface area contributed by atoms with Gasteiger partial charge in [0.2, 0.25) is 0 Å². The fourth-order valence-electron chi connectivity index (χ4n) is 2.98. The first-order chi connectivity index (χ1) is 14.8. The quantitative estimate of drug-likeness (QED) is 0.436. The highest BCUT2D eigenvalue weighted by Crippen LogP contribution is 2.32. The van der Waals surface area contributed by atoms with E-state index in [1.54, 1.807) is 42.2 Å². The van der Waals surface area contributed by atoms with Gasteiger partial charge in [0.25, 0.3) is 5.91 Å². The summed E-state index contributed by atoms with van der Waals surface area (Å²) < 4.78 is 39.0. The lowest BCUT2D eigenvalue weighted by Crippen LogP contribution is -2.12. The standard InChI is InChI=1S/C21H16F3N5OS/c1-12(13-3-2-4-14(7-13)21(22,23)24)19-26-9-17(29-19)16-6-5-15(8-25-16)28-20(30)18-10-31-11-27-18/h2-12H,1H3,(H,26,29)(H,28,30). The Morgan fingerprint density at radius 3 is 2.65 bits per heavy atom. The van der Waals surface area contributed by atoms with Crippen molar-refractivity contribution < 1.29 is 18.0 Å². The Bertz CT molecular complexity index is 1190. The van der Waals surface area contributed by atoms with Gasteiger partial charge in [0, 0.05) is 11.3 Å². The Morgan fingerprint density at radius 2 is 1.97 bits per heavy atom. The van der Waals surface area contributed by atoms with E-state index in [-0.39, 0.29) is 11.8 Å². The van der Waals surface area contributed by atoms with E-state index in [0.717, 1.165) is 12.1 Å². The SMILES string of the molecule is CC(c1cccc(C(F)(F)F)c1)c1ncc(-c2ccc(NC(=O)c3cscn3)cn2)[nH]1. The van der Waals surface area contributed by atoms with Crippen molar-refractivity contribution >= 4 is 22.9 Å². The molecule has 0 aliphatic heterocycles. The van der Waals surface area contributed by atoms with E-state index in [1.807, 2.05) is 0 Å². The molecule has 1 atom stereocenters. The van der Waals surface area contributed by atoms with Gasteiger partial charge in [0.15, 0.2) is 0 Å². The Kier molecular flexibility index (Phi) is 5.55. The molecule has 0 saturated heterocycles. The van der Waals surface area contributed by atoms with E-state index in [2.05, 4.69) is 25.3 Å². The molecular weight excluding hydrogens is 427 g/mol. The van der Waals surface area contributed by atoms with Gasteiger partial charge in [-0.1, -0.05) is 25.1 Å². The van der Waals surface area contributed by atoms with Crippen molar-refractivity contribution in [3.63, 3.8) is 0 Å². The summed E-state index contributed by atoms with van der Waals surface area (Å²) in [6.45, 7) is 1.78. The van der Waals surface area contributed by atoms with Crippen molar-refractivity contribution in [2.24, 2.45) is 0 Å². The molecule has 0 aliphatic carbocycles. The summed E-state index contributed by atoms with van der Waals surface area (Å²) >= 11 is 1.33. The van der Waals surface area contributed by atoms with Crippen molar-refractivity contribution in [3.8, 4) is 11.4 Å². The van der Waals surface area contributed by atoms with Crippen LogP contribution in [-0.4, -0.2) is 25.8 Å². The van der Waals surface area contributed by atoms with Crippen LogP contribution in [0, 0.1) is 0 Å². The number of H-pyrrole nitrogens is 1. The van der Waals surface area contributed by atoms with Crippen LogP contribution in [0.25, 0.3) is 11.4 Å². The number of halogens is 3. The maximum absolute atomic E-state index is 13.0. The number of amides is 1. The number of hydrogen-bond acceptors (Lipinski definition) is 5. The summed E-state index contributed by atoms with van der Waals surface area (Å²) in [4.78, 5) is 27.8. The minimum Gasteiger partial charge on any atom is -0.340 e. The molecule has 158 valence electrons. The third kappa shape index (κ3) is 4.64. The molecule has 6 nitrogen and oxygen atoms in total. The van der Waals surface area contributed by atoms with Crippen LogP contribution in [0.2, 0.25) is 0 Å². The highest BCUT2D eigenvalue weighted by atomic mass is 32.1. The van der Waals surface area contributed by atoms with E-state index in [0.29, 0.717) is 34.2 Å². The van der Waals surface area contributed by atoms with Crippen LogP contribution in [0.4, 0.5) is 18.9 Å². The number of carbonyl (C=O) groups excluding carboxylic acids is 1. The number of benzene rings is 1. The average Bonchev–Trinajstić information content (AvgIpc) is 3.46. The van der Waals surface area contributed by atoms with Crippen LogP contribution in [0.15, 0.2) is 59.7 Å². The second kappa shape index (κ2) is 8.31. The van der Waals surface area contributed by atoms with Gasteiger partial charge in [-0.15, -0.1) is 11.3 Å². The number of nitrogens with zero attached hydrogens (tertiary/aromatic N) is 3. The van der Waals surface area contributed by atoms with Gasteiger partial charge in [0.05, 0.1) is 40.5 Å². The summed E-state index contributed by atoms with van der Waals surface area (Å²) in [6.07, 6.45) is -1.31. The second-order valence-corrected chi connectivity index (χ2v) is 7.51. The molecule has 1 aromatic carbocycles. The number of anilines is 1. The van der Waals surface area contributed by atoms with Gasteiger partial charge >= 0.3 is 6.18 Å². The molecule has 1 unspecified atom stereocenters. The number of aromatic nitrogens is 4. The molecule has 0 bridgehead atoms. The second-order valence-electron chi connectivity index (χ2n) is 6.79. The monoisotopic (exact) mass is 443 g/mol. The van der Waals surface area contributed by atoms with Crippen LogP contribution in [0.5, 0.6) is 0 Å². The maximum atomic E-state index is 13.0. The zero-order valence-corrected chi connectivity index (χ0v) is 17.0. The van der Waals surface area contributed by atoms with Gasteiger partial charge < -0.3 is 10.3 Å². The fourth-order valence-corrected chi connectivity index (χ4v) is 3.51. The Balaban J connectivity index is 1.49. The number of carbonyl (C=O) groups is 1. The first-order valence-electron chi connectivity index (χ1n) is 9.19. The number of nitrogens with one attached hydrogen (secondary N) is 2. The number of imidazole rings is 1. The van der Waals surface area contributed by atoms with Crippen LogP contribution in [0.1, 0.15) is 40.3 Å².